The molecule has 10 heteroatoms. The second-order valence-corrected chi connectivity index (χ2v) is 12.1. The number of fused-ring (bicyclic) bond motifs is 2. The van der Waals surface area contributed by atoms with E-state index in [1.54, 1.807) is 28.9 Å². The third kappa shape index (κ3) is 5.06. The summed E-state index contributed by atoms with van der Waals surface area (Å²) in [5, 5.41) is 13.1. The van der Waals surface area contributed by atoms with Crippen molar-refractivity contribution in [3.05, 3.63) is 83.7 Å². The second kappa shape index (κ2) is 10.3. The molecule has 0 aliphatic rings. The Bertz CT molecular complexity index is 1800. The minimum Gasteiger partial charge on any atom is -0.481 e. The van der Waals surface area contributed by atoms with Crippen molar-refractivity contribution in [2.75, 3.05) is 5.32 Å². The number of hydrogen-bond donors (Lipinski definition) is 3. The molecule has 0 spiro atoms. The van der Waals surface area contributed by atoms with E-state index in [2.05, 4.69) is 38.9 Å². The molecule has 6 rings (SSSR count). The molecule has 4 aromatic heterocycles. The number of carbonyl (C=O) groups excluding carboxylic acids is 1. The van der Waals surface area contributed by atoms with Crippen molar-refractivity contribution in [2.45, 2.75) is 26.4 Å². The van der Waals surface area contributed by atoms with Gasteiger partial charge in [-0.1, -0.05) is 36.4 Å². The Morgan fingerprint density at radius 2 is 1.79 bits per heavy atom. The molecule has 0 saturated carbocycles. The highest BCUT2D eigenvalue weighted by Crippen LogP contribution is 2.45. The largest absolute Gasteiger partial charge is 0.481 e. The number of carbonyl (C=O) groups is 2. The molecule has 0 saturated heterocycles. The molecule has 1 amide bonds. The van der Waals surface area contributed by atoms with E-state index in [0.717, 1.165) is 57.3 Å². The zero-order valence-corrected chi connectivity index (χ0v) is 23.4. The first-order chi connectivity index (χ1) is 18.9. The highest BCUT2D eigenvalue weighted by Gasteiger charge is 2.20. The number of aliphatic carboxylic acids is 1. The van der Waals surface area contributed by atoms with E-state index in [1.807, 2.05) is 50.2 Å². The number of rotatable bonds is 7. The summed E-state index contributed by atoms with van der Waals surface area (Å²) in [6, 6.07) is 20.0. The molecule has 7 nitrogen and oxygen atoms in total. The number of nitrogens with zero attached hydrogens (tertiary/aromatic N) is 1. The zero-order valence-electron chi connectivity index (χ0n) is 21.0. The SMILES string of the molecule is Cc1nsc(-c2cc3sc(-c4ccc5[nH]cc(CC(=O)O)c5c4)cc3s2)c1NC(=O)O[C@H](C)c1ccccc1. The van der Waals surface area contributed by atoms with Crippen LogP contribution in [0.15, 0.2) is 66.9 Å². The van der Waals surface area contributed by atoms with Gasteiger partial charge in [-0.05, 0) is 66.3 Å². The number of ether oxygens (including phenoxy) is 1. The molecule has 0 radical (unpaired) electrons. The average molecular weight is 574 g/mol. The van der Waals surface area contributed by atoms with E-state index in [9.17, 15) is 14.7 Å². The summed E-state index contributed by atoms with van der Waals surface area (Å²) < 4.78 is 12.4. The number of carboxylic acid groups (broad SMARTS) is 1. The van der Waals surface area contributed by atoms with Crippen LogP contribution in [0.4, 0.5) is 10.5 Å². The van der Waals surface area contributed by atoms with Gasteiger partial charge in [0.25, 0.3) is 0 Å². The third-order valence-electron chi connectivity index (χ3n) is 6.47. The van der Waals surface area contributed by atoms with Crippen LogP contribution in [0.5, 0.6) is 0 Å². The number of carboxylic acids is 1. The Labute approximate surface area is 235 Å². The van der Waals surface area contributed by atoms with Gasteiger partial charge in [-0.25, -0.2) is 4.79 Å². The number of H-pyrrole nitrogens is 1. The summed E-state index contributed by atoms with van der Waals surface area (Å²) >= 11 is 4.70. The molecule has 196 valence electrons. The van der Waals surface area contributed by atoms with Crippen molar-refractivity contribution in [1.82, 2.24) is 9.36 Å². The number of aryl methyl sites for hydroxylation is 1. The van der Waals surface area contributed by atoms with E-state index in [1.165, 1.54) is 11.5 Å². The Morgan fingerprint density at radius 1 is 1.05 bits per heavy atom. The van der Waals surface area contributed by atoms with Crippen molar-refractivity contribution in [3.8, 4) is 20.2 Å². The van der Waals surface area contributed by atoms with Gasteiger partial charge in [0.2, 0.25) is 0 Å². The molecule has 2 aromatic carbocycles. The molecular weight excluding hydrogens is 551 g/mol. The van der Waals surface area contributed by atoms with E-state index in [0.29, 0.717) is 5.69 Å². The summed E-state index contributed by atoms with van der Waals surface area (Å²) in [7, 11) is 0. The monoisotopic (exact) mass is 573 g/mol. The molecule has 0 bridgehead atoms. The number of aromatic amines is 1. The van der Waals surface area contributed by atoms with Crippen LogP contribution in [0.25, 0.3) is 40.5 Å². The van der Waals surface area contributed by atoms with Gasteiger partial charge < -0.3 is 14.8 Å². The Morgan fingerprint density at radius 3 is 2.56 bits per heavy atom. The summed E-state index contributed by atoms with van der Waals surface area (Å²) in [5.74, 6) is -0.850. The summed E-state index contributed by atoms with van der Waals surface area (Å²) in [5.41, 5.74) is 5.09. The van der Waals surface area contributed by atoms with Gasteiger partial charge in [0.05, 0.1) is 27.6 Å². The highest BCUT2D eigenvalue weighted by atomic mass is 32.1. The van der Waals surface area contributed by atoms with E-state index >= 15 is 0 Å². The zero-order chi connectivity index (χ0) is 27.1. The van der Waals surface area contributed by atoms with Gasteiger partial charge in [-0.3, -0.25) is 10.1 Å². The van der Waals surface area contributed by atoms with Gasteiger partial charge in [0, 0.05) is 31.4 Å². The van der Waals surface area contributed by atoms with Crippen molar-refractivity contribution in [1.29, 1.82) is 0 Å². The molecule has 3 N–H and O–H groups in total. The molecule has 0 aliphatic carbocycles. The topological polar surface area (TPSA) is 104 Å². The molecule has 4 heterocycles. The minimum atomic E-state index is -0.850. The smallest absolute Gasteiger partial charge is 0.412 e. The highest BCUT2D eigenvalue weighted by molar-refractivity contribution is 7.32. The van der Waals surface area contributed by atoms with E-state index in [4.69, 9.17) is 4.74 Å². The fourth-order valence-corrected chi connectivity index (χ4v) is 7.83. The Balaban J connectivity index is 1.24. The maximum absolute atomic E-state index is 12.7. The predicted octanol–water partition coefficient (Wildman–Crippen LogP) is 8.48. The van der Waals surface area contributed by atoms with Gasteiger partial charge in [0.1, 0.15) is 6.10 Å². The van der Waals surface area contributed by atoms with Crippen LogP contribution in [0, 0.1) is 6.92 Å². The molecule has 0 unspecified atom stereocenters. The summed E-state index contributed by atoms with van der Waals surface area (Å²) in [6.07, 6.45) is 0.856. The average Bonchev–Trinajstić information content (AvgIpc) is 3.68. The van der Waals surface area contributed by atoms with Crippen LogP contribution in [0.2, 0.25) is 0 Å². The number of thiophene rings is 2. The lowest BCUT2D eigenvalue weighted by Crippen LogP contribution is -2.16. The second-order valence-electron chi connectivity index (χ2n) is 9.15. The number of amides is 1. The molecule has 0 aliphatic heterocycles. The van der Waals surface area contributed by atoms with E-state index < -0.39 is 12.1 Å². The van der Waals surface area contributed by atoms with Crippen LogP contribution < -0.4 is 5.32 Å². The number of benzene rings is 2. The lowest BCUT2D eigenvalue weighted by molar-refractivity contribution is -0.136. The molecule has 39 heavy (non-hydrogen) atoms. The number of hydrogen-bond acceptors (Lipinski definition) is 7. The van der Waals surface area contributed by atoms with Crippen LogP contribution in [0.3, 0.4) is 0 Å². The molecule has 1 atom stereocenters. The number of nitrogens with one attached hydrogen (secondary N) is 2. The van der Waals surface area contributed by atoms with E-state index in [-0.39, 0.29) is 12.5 Å². The fourth-order valence-electron chi connectivity index (χ4n) is 4.50. The third-order valence-corrected chi connectivity index (χ3v) is 9.93. The first-order valence-corrected chi connectivity index (χ1v) is 14.6. The van der Waals surface area contributed by atoms with Crippen LogP contribution in [-0.4, -0.2) is 26.5 Å². The Hall–Kier alpha value is -3.99. The van der Waals surface area contributed by atoms with Crippen molar-refractivity contribution in [2.24, 2.45) is 0 Å². The summed E-state index contributed by atoms with van der Waals surface area (Å²) in [6.45, 7) is 3.72. The lowest BCUT2D eigenvalue weighted by Gasteiger charge is -2.14. The maximum atomic E-state index is 12.7. The molecule has 6 aromatic rings. The van der Waals surface area contributed by atoms with Gasteiger partial charge in [-0.2, -0.15) is 4.37 Å². The van der Waals surface area contributed by atoms with Crippen LogP contribution in [-0.2, 0) is 16.0 Å². The van der Waals surface area contributed by atoms with Gasteiger partial charge in [0.15, 0.2) is 0 Å². The normalized spacial score (nSPS) is 12.2. The predicted molar refractivity (Wildman–Crippen MR) is 159 cm³/mol. The number of aromatic nitrogens is 2. The quantitative estimate of drug-likeness (QED) is 0.178. The lowest BCUT2D eigenvalue weighted by atomic mass is 10.1. The fraction of sp³-hybridized carbons (Fsp3) is 0.138. The number of anilines is 1. The van der Waals surface area contributed by atoms with Crippen molar-refractivity contribution < 1.29 is 19.4 Å². The van der Waals surface area contributed by atoms with Gasteiger partial charge in [-0.15, -0.1) is 22.7 Å². The standard InChI is InChI=1S/C29H23N3O4S3/c1-15-27(31-29(35)36-16(2)17-6-4-3-5-7-17)28(39-32-15)25-13-24-23(38-25)12-22(37-24)18-8-9-21-20(10-18)19(14-30-21)11-26(33)34/h3-10,12-14,16,30H,11H2,1-2H3,(H,31,35)(H,33,34)/t16-/m1/s1. The van der Waals surface area contributed by atoms with Crippen LogP contribution in [0.1, 0.15) is 29.8 Å². The minimum absolute atomic E-state index is 0.0182. The summed E-state index contributed by atoms with van der Waals surface area (Å²) in [4.78, 5) is 30.2. The maximum Gasteiger partial charge on any atom is 0.412 e. The van der Waals surface area contributed by atoms with Crippen molar-refractivity contribution >= 4 is 72.3 Å². The first kappa shape index (κ1) is 25.3. The first-order valence-electron chi connectivity index (χ1n) is 12.2. The van der Waals surface area contributed by atoms with Crippen LogP contribution >= 0.6 is 34.2 Å². The Kier molecular flexibility index (Phi) is 6.68. The van der Waals surface area contributed by atoms with Gasteiger partial charge >= 0.3 is 12.1 Å². The molecular formula is C29H23N3O4S3. The van der Waals surface area contributed by atoms with Crippen molar-refractivity contribution in [3.63, 3.8) is 0 Å². The molecule has 0 fully saturated rings.